The molecule has 0 unspecified atom stereocenters. The molecule has 1 amide bonds. The van der Waals surface area contributed by atoms with Crippen molar-refractivity contribution in [2.45, 2.75) is 25.4 Å². The first kappa shape index (κ1) is 17.3. The van der Waals surface area contributed by atoms with Crippen molar-refractivity contribution in [1.29, 1.82) is 0 Å². The first-order chi connectivity index (χ1) is 13.3. The Labute approximate surface area is 159 Å². The minimum Gasteiger partial charge on any atom is -0.487 e. The van der Waals surface area contributed by atoms with Gasteiger partial charge in [0.15, 0.2) is 0 Å². The van der Waals surface area contributed by atoms with E-state index in [1.54, 1.807) is 6.20 Å². The number of nitrogens with one attached hydrogen (secondary N) is 1. The first-order valence-corrected chi connectivity index (χ1v) is 9.29. The maximum Gasteiger partial charge on any atom is 0.220 e. The number of fused-ring (bicyclic) bond motifs is 1. The molecule has 1 aliphatic rings. The summed E-state index contributed by atoms with van der Waals surface area (Å²) in [5, 5.41) is 3.01. The normalized spacial score (nSPS) is 15.0. The number of rotatable bonds is 6. The number of aromatic nitrogens is 1. The zero-order chi connectivity index (χ0) is 18.5. The lowest BCUT2D eigenvalue weighted by Crippen LogP contribution is -2.34. The molecule has 0 saturated carbocycles. The third-order valence-electron chi connectivity index (χ3n) is 4.81. The third kappa shape index (κ3) is 4.17. The van der Waals surface area contributed by atoms with Crippen LogP contribution in [0.5, 0.6) is 5.75 Å². The quantitative estimate of drug-likeness (QED) is 0.729. The lowest BCUT2D eigenvalue weighted by Gasteiger charge is -2.13. The number of hydrogen-bond donors (Lipinski definition) is 1. The van der Waals surface area contributed by atoms with Crippen LogP contribution in [0.1, 0.15) is 17.5 Å². The van der Waals surface area contributed by atoms with E-state index < -0.39 is 0 Å². The Balaban J connectivity index is 1.33. The van der Waals surface area contributed by atoms with Gasteiger partial charge in [-0.05, 0) is 23.6 Å². The van der Waals surface area contributed by atoms with Gasteiger partial charge in [-0.15, -0.1) is 0 Å². The van der Waals surface area contributed by atoms with Crippen molar-refractivity contribution < 1.29 is 9.53 Å². The van der Waals surface area contributed by atoms with Crippen molar-refractivity contribution in [1.82, 2.24) is 10.3 Å². The lowest BCUT2D eigenvalue weighted by molar-refractivity contribution is -0.121. The number of carbonyl (C=O) groups excluding carboxylic acids is 1. The van der Waals surface area contributed by atoms with Gasteiger partial charge in [-0.25, -0.2) is 0 Å². The molecular weight excluding hydrogens is 336 g/mol. The SMILES string of the molecule is O=C(CCc1ccccc1)NC[C@@H]1Cc2cccc(-c3cccnc3)c2O1. The molecule has 4 nitrogen and oxygen atoms in total. The summed E-state index contributed by atoms with van der Waals surface area (Å²) in [6, 6.07) is 20.2. The molecule has 0 saturated heterocycles. The van der Waals surface area contributed by atoms with Crippen molar-refractivity contribution in [3.63, 3.8) is 0 Å². The summed E-state index contributed by atoms with van der Waals surface area (Å²) in [7, 11) is 0. The Hall–Kier alpha value is -3.14. The van der Waals surface area contributed by atoms with Crippen LogP contribution in [-0.2, 0) is 17.6 Å². The zero-order valence-corrected chi connectivity index (χ0v) is 15.1. The van der Waals surface area contributed by atoms with Crippen molar-refractivity contribution in [3.8, 4) is 16.9 Å². The number of benzene rings is 2. The third-order valence-corrected chi connectivity index (χ3v) is 4.81. The number of carbonyl (C=O) groups is 1. The average molecular weight is 358 g/mol. The van der Waals surface area contributed by atoms with Gasteiger partial charge in [0.05, 0.1) is 6.54 Å². The fourth-order valence-electron chi connectivity index (χ4n) is 3.42. The Bertz CT molecular complexity index is 910. The van der Waals surface area contributed by atoms with Crippen LogP contribution in [0.2, 0.25) is 0 Å². The number of amides is 1. The van der Waals surface area contributed by atoms with Gasteiger partial charge in [-0.2, -0.15) is 0 Å². The Kier molecular flexibility index (Phi) is 5.15. The summed E-state index contributed by atoms with van der Waals surface area (Å²) < 4.78 is 6.16. The fourth-order valence-corrected chi connectivity index (χ4v) is 3.42. The summed E-state index contributed by atoms with van der Waals surface area (Å²) in [5.41, 5.74) is 4.46. The molecule has 136 valence electrons. The second-order valence-corrected chi connectivity index (χ2v) is 6.77. The van der Waals surface area contributed by atoms with Crippen LogP contribution in [0.15, 0.2) is 73.1 Å². The molecule has 1 aliphatic heterocycles. The summed E-state index contributed by atoms with van der Waals surface area (Å²) in [4.78, 5) is 16.4. The van der Waals surface area contributed by atoms with Crippen LogP contribution in [0.4, 0.5) is 0 Å². The van der Waals surface area contributed by atoms with Gasteiger partial charge in [0.25, 0.3) is 0 Å². The smallest absolute Gasteiger partial charge is 0.220 e. The number of nitrogens with zero attached hydrogens (tertiary/aromatic N) is 1. The van der Waals surface area contributed by atoms with Crippen LogP contribution < -0.4 is 10.1 Å². The van der Waals surface area contributed by atoms with Crippen LogP contribution in [0.25, 0.3) is 11.1 Å². The first-order valence-electron chi connectivity index (χ1n) is 9.29. The summed E-state index contributed by atoms with van der Waals surface area (Å²) in [5.74, 6) is 0.972. The molecule has 4 rings (SSSR count). The summed E-state index contributed by atoms with van der Waals surface area (Å²) in [6.45, 7) is 0.523. The predicted molar refractivity (Wildman–Crippen MR) is 106 cm³/mol. The van der Waals surface area contributed by atoms with Crippen LogP contribution in [0.3, 0.4) is 0 Å². The van der Waals surface area contributed by atoms with E-state index in [1.165, 1.54) is 11.1 Å². The van der Waals surface area contributed by atoms with E-state index in [1.807, 2.05) is 54.7 Å². The highest BCUT2D eigenvalue weighted by Crippen LogP contribution is 2.38. The fraction of sp³-hybridized carbons (Fsp3) is 0.217. The molecule has 0 aliphatic carbocycles. The second kappa shape index (κ2) is 8.04. The van der Waals surface area contributed by atoms with E-state index in [4.69, 9.17) is 4.74 Å². The van der Waals surface area contributed by atoms with Crippen LogP contribution >= 0.6 is 0 Å². The Morgan fingerprint density at radius 2 is 1.96 bits per heavy atom. The van der Waals surface area contributed by atoms with Crippen LogP contribution in [-0.4, -0.2) is 23.5 Å². The van der Waals surface area contributed by atoms with Crippen molar-refractivity contribution in [3.05, 3.63) is 84.2 Å². The Morgan fingerprint density at radius 3 is 2.78 bits per heavy atom. The molecule has 1 N–H and O–H groups in total. The standard InChI is InChI=1S/C23H22N2O2/c26-22(12-11-17-6-2-1-3-7-17)25-16-20-14-18-8-4-10-21(23(18)27-20)19-9-5-13-24-15-19/h1-10,13,15,20H,11-12,14,16H2,(H,25,26)/t20-/m0/s1. The van der Waals surface area contributed by atoms with E-state index in [0.29, 0.717) is 13.0 Å². The van der Waals surface area contributed by atoms with E-state index in [9.17, 15) is 4.79 Å². The topological polar surface area (TPSA) is 51.2 Å². The van der Waals surface area contributed by atoms with Gasteiger partial charge in [-0.1, -0.05) is 54.6 Å². The number of hydrogen-bond acceptors (Lipinski definition) is 3. The second-order valence-electron chi connectivity index (χ2n) is 6.77. The van der Waals surface area contributed by atoms with Crippen LogP contribution in [0, 0.1) is 0 Å². The monoisotopic (exact) mass is 358 g/mol. The minimum absolute atomic E-state index is 0.0292. The van der Waals surface area contributed by atoms with Gasteiger partial charge in [0, 0.05) is 36.4 Å². The zero-order valence-electron chi connectivity index (χ0n) is 15.1. The molecule has 1 aromatic heterocycles. The van der Waals surface area contributed by atoms with E-state index in [0.717, 1.165) is 29.7 Å². The minimum atomic E-state index is -0.0292. The largest absolute Gasteiger partial charge is 0.487 e. The molecule has 27 heavy (non-hydrogen) atoms. The number of pyridine rings is 1. The van der Waals surface area contributed by atoms with E-state index in [-0.39, 0.29) is 12.0 Å². The molecule has 2 heterocycles. The number of aryl methyl sites for hydroxylation is 1. The van der Waals surface area contributed by atoms with Crippen molar-refractivity contribution in [2.24, 2.45) is 0 Å². The summed E-state index contributed by atoms with van der Waals surface area (Å²) >= 11 is 0. The highest BCUT2D eigenvalue weighted by atomic mass is 16.5. The van der Waals surface area contributed by atoms with Gasteiger partial charge in [0.1, 0.15) is 11.9 Å². The van der Waals surface area contributed by atoms with Crippen molar-refractivity contribution >= 4 is 5.91 Å². The number of para-hydroxylation sites is 1. The van der Waals surface area contributed by atoms with Gasteiger partial charge < -0.3 is 10.1 Å². The predicted octanol–water partition coefficient (Wildman–Crippen LogP) is 3.80. The maximum absolute atomic E-state index is 12.2. The molecule has 1 atom stereocenters. The molecular formula is C23H22N2O2. The lowest BCUT2D eigenvalue weighted by atomic mass is 10.0. The molecule has 3 aromatic rings. The molecule has 0 bridgehead atoms. The van der Waals surface area contributed by atoms with Gasteiger partial charge >= 0.3 is 0 Å². The highest BCUT2D eigenvalue weighted by Gasteiger charge is 2.26. The molecule has 0 spiro atoms. The molecule has 0 fully saturated rings. The molecule has 0 radical (unpaired) electrons. The van der Waals surface area contributed by atoms with Gasteiger partial charge in [-0.3, -0.25) is 9.78 Å². The molecule has 4 heteroatoms. The Morgan fingerprint density at radius 1 is 1.07 bits per heavy atom. The van der Waals surface area contributed by atoms with Crippen molar-refractivity contribution in [2.75, 3.05) is 6.54 Å². The maximum atomic E-state index is 12.2. The highest BCUT2D eigenvalue weighted by molar-refractivity contribution is 5.76. The summed E-state index contributed by atoms with van der Waals surface area (Å²) in [6.07, 6.45) is 5.63. The average Bonchev–Trinajstić information content (AvgIpc) is 3.15. The van der Waals surface area contributed by atoms with E-state index in [2.05, 4.69) is 22.4 Å². The molecule has 2 aromatic carbocycles. The van der Waals surface area contributed by atoms with Gasteiger partial charge in [0.2, 0.25) is 5.91 Å². The number of ether oxygens (including phenoxy) is 1. The van der Waals surface area contributed by atoms with E-state index >= 15 is 0 Å².